The molecule has 2 aliphatic heterocycles. The van der Waals surface area contributed by atoms with Crippen LogP contribution in [0.3, 0.4) is 0 Å². The summed E-state index contributed by atoms with van der Waals surface area (Å²) in [5, 5.41) is 20.5. The van der Waals surface area contributed by atoms with Crippen LogP contribution < -0.4 is 5.32 Å². The number of rotatable bonds is 6. The number of hydrogen-bond donors (Lipinski definition) is 3. The number of nitrogens with one attached hydrogen (secondary N) is 1. The van der Waals surface area contributed by atoms with Crippen molar-refractivity contribution in [3.63, 3.8) is 0 Å². The molecule has 0 spiro atoms. The smallest absolute Gasteiger partial charge is 0.352 e. The summed E-state index contributed by atoms with van der Waals surface area (Å²) in [4.78, 5) is 37.4. The minimum Gasteiger partial charge on any atom is -0.477 e. The zero-order chi connectivity index (χ0) is 18.2. The molecular weight excluding hydrogens is 352 g/mol. The van der Waals surface area contributed by atoms with Crippen molar-refractivity contribution in [2.24, 2.45) is 0 Å². The number of carboxylic acids is 1. The van der Waals surface area contributed by atoms with Crippen LogP contribution in [-0.2, 0) is 25.5 Å². The molecule has 0 aromatic carbocycles. The number of amides is 2. The summed E-state index contributed by atoms with van der Waals surface area (Å²) >= 11 is 1.21. The van der Waals surface area contributed by atoms with E-state index in [9.17, 15) is 24.6 Å². The molecule has 9 nitrogen and oxygen atoms in total. The van der Waals surface area contributed by atoms with Gasteiger partial charge < -0.3 is 24.7 Å². The predicted molar refractivity (Wildman–Crippen MR) is 85.1 cm³/mol. The van der Waals surface area contributed by atoms with Gasteiger partial charge in [0.25, 0.3) is 11.6 Å². The second-order valence-corrected chi connectivity index (χ2v) is 6.57. The number of fused-ring (bicyclic) bond motifs is 1. The van der Waals surface area contributed by atoms with Crippen LogP contribution in [0.25, 0.3) is 0 Å². The minimum absolute atomic E-state index is 0.0771. The second kappa shape index (κ2) is 6.54. The highest BCUT2D eigenvalue weighted by Crippen LogP contribution is 2.46. The van der Waals surface area contributed by atoms with E-state index in [-0.39, 0.29) is 23.4 Å². The summed E-state index contributed by atoms with van der Waals surface area (Å²) in [7, 11) is 1.27. The van der Waals surface area contributed by atoms with E-state index in [4.69, 9.17) is 9.15 Å². The van der Waals surface area contributed by atoms with E-state index >= 15 is 0 Å². The number of hydrogen-bond acceptors (Lipinski definition) is 7. The third kappa shape index (κ3) is 2.71. The van der Waals surface area contributed by atoms with Crippen molar-refractivity contribution in [2.75, 3.05) is 19.5 Å². The molecule has 2 amide bonds. The molecule has 1 aromatic heterocycles. The molecule has 3 N–H and O–H groups in total. The van der Waals surface area contributed by atoms with Crippen LogP contribution in [0.4, 0.5) is 0 Å². The molecule has 0 bridgehead atoms. The van der Waals surface area contributed by atoms with Crippen molar-refractivity contribution in [1.82, 2.24) is 10.2 Å². The fourth-order valence-corrected chi connectivity index (χ4v) is 4.32. The maximum Gasteiger partial charge on any atom is 0.352 e. The van der Waals surface area contributed by atoms with Gasteiger partial charge in [-0.3, -0.25) is 14.5 Å². The minimum atomic E-state index is -1.64. The molecule has 0 radical (unpaired) electrons. The Bertz CT molecular complexity index is 745. The van der Waals surface area contributed by atoms with Crippen LogP contribution in [0.2, 0.25) is 0 Å². The lowest BCUT2D eigenvalue weighted by atomic mass is 9.98. The average molecular weight is 368 g/mol. The average Bonchev–Trinajstić information content (AvgIpc) is 3.10. The zero-order valence-electron chi connectivity index (χ0n) is 13.2. The van der Waals surface area contributed by atoms with Crippen molar-refractivity contribution >= 4 is 29.5 Å². The molecule has 3 rings (SSSR count). The van der Waals surface area contributed by atoms with Gasteiger partial charge in [0.05, 0.1) is 19.3 Å². The molecule has 3 heterocycles. The number of thioether (sulfide) groups is 1. The van der Waals surface area contributed by atoms with Gasteiger partial charge >= 0.3 is 5.97 Å². The number of carboxylic acid groups (broad SMARTS) is 1. The standard InChI is InChI=1S/C15H16N2O7S/c1-23-15(16-10(19)5-9-3-2-4-24-9)13(22)17-11(12(20)21)8(6-18)7-25-14(15)17/h2-4,14,18H,5-7H2,1H3,(H,16,19)(H,20,21)/t14-,15?/m1/s1. The summed E-state index contributed by atoms with van der Waals surface area (Å²) in [6.07, 6.45) is 1.36. The quantitative estimate of drug-likeness (QED) is 0.454. The van der Waals surface area contributed by atoms with Crippen molar-refractivity contribution < 1.29 is 33.8 Å². The van der Waals surface area contributed by atoms with E-state index in [1.807, 2.05) is 0 Å². The van der Waals surface area contributed by atoms with E-state index in [1.165, 1.54) is 25.1 Å². The number of ether oxygens (including phenoxy) is 1. The number of aliphatic carboxylic acids is 1. The maximum absolute atomic E-state index is 12.6. The molecule has 2 atom stereocenters. The third-order valence-electron chi connectivity index (χ3n) is 4.07. The first kappa shape index (κ1) is 17.5. The Balaban J connectivity index is 1.82. The van der Waals surface area contributed by atoms with Gasteiger partial charge in [-0.25, -0.2) is 4.79 Å². The van der Waals surface area contributed by atoms with Crippen molar-refractivity contribution in [3.05, 3.63) is 35.4 Å². The van der Waals surface area contributed by atoms with E-state index in [0.717, 1.165) is 4.90 Å². The number of furan rings is 1. The SMILES string of the molecule is COC1(NC(=O)Cc2ccco2)C(=O)N2C(C(=O)O)=C(CO)CS[C@@H]21. The normalized spacial score (nSPS) is 25.4. The molecule has 1 fully saturated rings. The molecule has 0 aliphatic carbocycles. The number of carbonyl (C=O) groups excluding carboxylic acids is 2. The Morgan fingerprint density at radius 3 is 2.88 bits per heavy atom. The van der Waals surface area contributed by atoms with Gasteiger partial charge in [-0.2, -0.15) is 0 Å². The molecule has 1 unspecified atom stereocenters. The molecular formula is C15H16N2O7S. The largest absolute Gasteiger partial charge is 0.477 e. The summed E-state index contributed by atoms with van der Waals surface area (Å²) in [6.45, 7) is -0.462. The van der Waals surface area contributed by atoms with E-state index in [1.54, 1.807) is 12.1 Å². The Hall–Kier alpha value is -2.30. The van der Waals surface area contributed by atoms with Crippen molar-refractivity contribution in [3.8, 4) is 0 Å². The Morgan fingerprint density at radius 2 is 2.32 bits per heavy atom. The van der Waals surface area contributed by atoms with Gasteiger partial charge in [-0.05, 0) is 17.7 Å². The van der Waals surface area contributed by atoms with Crippen LogP contribution >= 0.6 is 11.8 Å². The molecule has 1 aromatic rings. The first-order valence-corrected chi connectivity index (χ1v) is 8.39. The van der Waals surface area contributed by atoms with Gasteiger partial charge in [0.1, 0.15) is 16.8 Å². The number of β-lactam (4-membered cyclic amide) rings is 1. The lowest BCUT2D eigenvalue weighted by Crippen LogP contribution is -2.80. The van der Waals surface area contributed by atoms with Gasteiger partial charge in [0.15, 0.2) is 0 Å². The monoisotopic (exact) mass is 368 g/mol. The Morgan fingerprint density at radius 1 is 1.56 bits per heavy atom. The van der Waals surface area contributed by atoms with Crippen LogP contribution in [0.5, 0.6) is 0 Å². The highest BCUT2D eigenvalue weighted by atomic mass is 32.2. The first-order valence-electron chi connectivity index (χ1n) is 7.34. The fourth-order valence-electron chi connectivity index (χ4n) is 2.89. The molecule has 10 heteroatoms. The van der Waals surface area contributed by atoms with Crippen LogP contribution in [0, 0.1) is 0 Å². The fraction of sp³-hybridized carbons (Fsp3) is 0.400. The van der Waals surface area contributed by atoms with Crippen molar-refractivity contribution in [2.45, 2.75) is 17.5 Å². The summed E-state index contributed by atoms with van der Waals surface area (Å²) in [6, 6.07) is 3.27. The number of aliphatic hydroxyl groups excluding tert-OH is 1. The van der Waals surface area contributed by atoms with Gasteiger partial charge in [0.2, 0.25) is 5.91 Å². The Labute approximate surface area is 146 Å². The number of aliphatic hydroxyl groups is 1. The lowest BCUT2D eigenvalue weighted by molar-refractivity contribution is -0.192. The van der Waals surface area contributed by atoms with Crippen LogP contribution in [-0.4, -0.2) is 63.5 Å². The van der Waals surface area contributed by atoms with E-state index in [2.05, 4.69) is 5.32 Å². The number of methoxy groups -OCH3 is 1. The van der Waals surface area contributed by atoms with Crippen LogP contribution in [0.1, 0.15) is 5.76 Å². The molecule has 1 saturated heterocycles. The molecule has 134 valence electrons. The number of carbonyl (C=O) groups is 3. The third-order valence-corrected chi connectivity index (χ3v) is 5.44. The maximum atomic E-state index is 12.6. The topological polar surface area (TPSA) is 129 Å². The van der Waals surface area contributed by atoms with E-state index < -0.39 is 35.5 Å². The van der Waals surface area contributed by atoms with Crippen LogP contribution in [0.15, 0.2) is 34.1 Å². The molecule has 0 saturated carbocycles. The Kier molecular flexibility index (Phi) is 4.58. The van der Waals surface area contributed by atoms with E-state index in [0.29, 0.717) is 5.76 Å². The zero-order valence-corrected chi connectivity index (χ0v) is 14.0. The van der Waals surface area contributed by atoms with Gasteiger partial charge in [-0.15, -0.1) is 11.8 Å². The van der Waals surface area contributed by atoms with Crippen molar-refractivity contribution in [1.29, 1.82) is 0 Å². The predicted octanol–water partition coefficient (Wildman–Crippen LogP) is -0.473. The summed E-state index contributed by atoms with van der Waals surface area (Å²) < 4.78 is 10.4. The first-order chi connectivity index (χ1) is 11.9. The lowest BCUT2D eigenvalue weighted by Gasteiger charge is -2.55. The summed E-state index contributed by atoms with van der Waals surface area (Å²) in [5.74, 6) is -1.85. The molecule has 25 heavy (non-hydrogen) atoms. The number of nitrogens with zero attached hydrogens (tertiary/aromatic N) is 1. The summed E-state index contributed by atoms with van der Waals surface area (Å²) in [5.41, 5.74) is -1.66. The van der Waals surface area contributed by atoms with Gasteiger partial charge in [0, 0.05) is 12.9 Å². The second-order valence-electron chi connectivity index (χ2n) is 5.50. The highest BCUT2D eigenvalue weighted by molar-refractivity contribution is 8.00. The molecule has 2 aliphatic rings. The highest BCUT2D eigenvalue weighted by Gasteiger charge is 2.66. The van der Waals surface area contributed by atoms with Gasteiger partial charge in [-0.1, -0.05) is 0 Å².